The zero-order chi connectivity index (χ0) is 21.6. The van der Waals surface area contributed by atoms with Crippen molar-refractivity contribution in [3.63, 3.8) is 0 Å². The second-order valence-electron chi connectivity index (χ2n) is 6.18. The standard InChI is InChI=1S/C20H18BBrClNO5/c1-2-3-8-29-20-14(16(25)10-21)9-15(23)18(19(20)24(27)28)13-6-4-12(5-7-13)17(26)11-22/h4-7,9H,2-3,8,10-11H2,1H3. The number of carbonyl (C=O) groups excluding carboxylic acids is 2. The molecule has 2 aromatic rings. The molecule has 0 aromatic heterocycles. The number of ketones is 2. The molecular weight excluding hydrogens is 460 g/mol. The fraction of sp³-hybridized carbons (Fsp3) is 0.300. The summed E-state index contributed by atoms with van der Waals surface area (Å²) in [6.45, 7) is 2.16. The Bertz CT molecular complexity index is 933. The van der Waals surface area contributed by atoms with Crippen molar-refractivity contribution in [3.8, 4) is 16.9 Å². The van der Waals surface area contributed by atoms with Crippen LogP contribution in [0, 0.1) is 10.1 Å². The summed E-state index contributed by atoms with van der Waals surface area (Å²) < 4.78 is 5.65. The lowest BCUT2D eigenvalue weighted by molar-refractivity contribution is -0.385. The van der Waals surface area contributed by atoms with Gasteiger partial charge in [-0.15, -0.1) is 0 Å². The minimum Gasteiger partial charge on any atom is -0.486 e. The number of nitrogens with zero attached hydrogens (tertiary/aromatic N) is 1. The lowest BCUT2D eigenvalue weighted by Crippen LogP contribution is -2.09. The minimum atomic E-state index is -0.618. The van der Waals surface area contributed by atoms with Crippen molar-refractivity contribution in [1.29, 1.82) is 0 Å². The van der Waals surface area contributed by atoms with Crippen molar-refractivity contribution >= 4 is 52.6 Å². The predicted octanol–water partition coefficient (Wildman–Crippen LogP) is 5.44. The molecule has 0 aliphatic rings. The second-order valence-corrected chi connectivity index (χ2v) is 7.15. The van der Waals surface area contributed by atoms with E-state index in [-0.39, 0.29) is 45.9 Å². The van der Waals surface area contributed by atoms with E-state index >= 15 is 0 Å². The summed E-state index contributed by atoms with van der Waals surface area (Å²) in [7, 11) is 5.46. The van der Waals surface area contributed by atoms with Gasteiger partial charge in [0.1, 0.15) is 0 Å². The first-order chi connectivity index (χ1) is 13.8. The predicted molar refractivity (Wildman–Crippen MR) is 117 cm³/mol. The van der Waals surface area contributed by atoms with Crippen LogP contribution in [0.25, 0.3) is 11.1 Å². The van der Waals surface area contributed by atoms with Crippen molar-refractivity contribution in [2.24, 2.45) is 0 Å². The number of nitro benzene ring substituents is 1. The van der Waals surface area contributed by atoms with Crippen LogP contribution in [0.5, 0.6) is 5.75 Å². The third kappa shape index (κ3) is 5.25. The monoisotopic (exact) mass is 477 g/mol. The summed E-state index contributed by atoms with van der Waals surface area (Å²) in [4.78, 5) is 35.4. The molecule has 0 amide bonds. The first-order valence-corrected chi connectivity index (χ1v) is 10.4. The Morgan fingerprint density at radius 1 is 1.24 bits per heavy atom. The van der Waals surface area contributed by atoms with Crippen LogP contribution in [0.1, 0.15) is 40.5 Å². The number of ether oxygens (including phenoxy) is 1. The van der Waals surface area contributed by atoms with Gasteiger partial charge in [0.2, 0.25) is 5.75 Å². The zero-order valence-corrected chi connectivity index (χ0v) is 18.1. The maximum Gasteiger partial charge on any atom is 0.320 e. The number of rotatable bonds is 10. The van der Waals surface area contributed by atoms with Gasteiger partial charge < -0.3 is 4.74 Å². The van der Waals surface area contributed by atoms with Crippen LogP contribution in [0.3, 0.4) is 0 Å². The van der Waals surface area contributed by atoms with Crippen LogP contribution in [0.4, 0.5) is 5.69 Å². The van der Waals surface area contributed by atoms with E-state index in [0.29, 0.717) is 17.5 Å². The number of hydrogen-bond donors (Lipinski definition) is 0. The third-order valence-electron chi connectivity index (χ3n) is 4.24. The highest BCUT2D eigenvalue weighted by molar-refractivity contribution is 9.09. The maximum atomic E-state index is 12.3. The highest BCUT2D eigenvalue weighted by atomic mass is 79.9. The summed E-state index contributed by atoms with van der Waals surface area (Å²) in [6.07, 6.45) is 1.15. The maximum absolute atomic E-state index is 12.3. The number of carbonyl (C=O) groups is 2. The van der Waals surface area contributed by atoms with E-state index in [4.69, 9.17) is 24.2 Å². The van der Waals surface area contributed by atoms with Gasteiger partial charge >= 0.3 is 5.69 Å². The van der Waals surface area contributed by atoms with Crippen molar-refractivity contribution in [2.75, 3.05) is 11.9 Å². The summed E-state index contributed by atoms with van der Waals surface area (Å²) in [6, 6.07) is 7.62. The van der Waals surface area contributed by atoms with E-state index in [1.807, 2.05) is 6.92 Å². The first-order valence-electron chi connectivity index (χ1n) is 8.92. The average molecular weight is 479 g/mol. The van der Waals surface area contributed by atoms with Crippen LogP contribution < -0.4 is 4.74 Å². The van der Waals surface area contributed by atoms with Gasteiger partial charge in [-0.2, -0.15) is 0 Å². The summed E-state index contributed by atoms with van der Waals surface area (Å²) in [5, 5.41) is 12.1. The molecule has 0 unspecified atom stereocenters. The molecule has 0 N–H and O–H groups in total. The van der Waals surface area contributed by atoms with Gasteiger partial charge in [-0.25, -0.2) is 0 Å². The summed E-state index contributed by atoms with van der Waals surface area (Å²) in [5.74, 6) is -0.769. The Morgan fingerprint density at radius 2 is 1.90 bits per heavy atom. The lowest BCUT2D eigenvalue weighted by atomic mass is 9.92. The van der Waals surface area contributed by atoms with E-state index in [9.17, 15) is 19.7 Å². The van der Waals surface area contributed by atoms with E-state index < -0.39 is 16.4 Å². The third-order valence-corrected chi connectivity index (χ3v) is 5.04. The Kier molecular flexibility index (Phi) is 8.40. The van der Waals surface area contributed by atoms with Gasteiger partial charge in [-0.3, -0.25) is 19.7 Å². The minimum absolute atomic E-state index is 0.0184. The number of benzene rings is 2. The average Bonchev–Trinajstić information content (AvgIpc) is 2.73. The molecule has 0 saturated carbocycles. The smallest absolute Gasteiger partial charge is 0.320 e. The van der Waals surface area contributed by atoms with Gasteiger partial charge in [-0.05, 0) is 24.4 Å². The molecule has 2 rings (SSSR count). The number of unbranched alkanes of at least 4 members (excludes halogenated alkanes) is 1. The fourth-order valence-corrected chi connectivity index (χ4v) is 3.38. The first kappa shape index (κ1) is 23.1. The molecule has 9 heteroatoms. The number of hydrogen-bond acceptors (Lipinski definition) is 5. The van der Waals surface area contributed by atoms with Crippen molar-refractivity contribution in [2.45, 2.75) is 26.1 Å². The van der Waals surface area contributed by atoms with Crippen LogP contribution in [-0.4, -0.2) is 36.3 Å². The SMILES string of the molecule is [B]CC(=O)c1cc(Cl)c(-c2ccc(C(=O)CBr)cc2)c([N+](=O)[O-])c1OCCCC. The van der Waals surface area contributed by atoms with E-state index in [1.165, 1.54) is 6.07 Å². The Labute approximate surface area is 183 Å². The number of nitro groups is 1. The molecule has 0 spiro atoms. The fourth-order valence-electron chi connectivity index (χ4n) is 2.75. The quantitative estimate of drug-likeness (QED) is 0.113. The molecule has 0 aliphatic carbocycles. The molecule has 29 heavy (non-hydrogen) atoms. The Hall–Kier alpha value is -2.19. The summed E-state index contributed by atoms with van der Waals surface area (Å²) >= 11 is 9.46. The van der Waals surface area contributed by atoms with Crippen molar-refractivity contribution < 1.29 is 19.2 Å². The van der Waals surface area contributed by atoms with E-state index in [1.54, 1.807) is 24.3 Å². The van der Waals surface area contributed by atoms with Crippen molar-refractivity contribution in [1.82, 2.24) is 0 Å². The Morgan fingerprint density at radius 3 is 2.41 bits per heavy atom. The molecular formula is C20H18BBrClNO5. The van der Waals surface area contributed by atoms with Gasteiger partial charge in [0, 0.05) is 5.56 Å². The normalized spacial score (nSPS) is 10.6. The van der Waals surface area contributed by atoms with Gasteiger partial charge in [0.15, 0.2) is 11.6 Å². The molecule has 2 radical (unpaired) electrons. The van der Waals surface area contributed by atoms with Gasteiger partial charge in [0.25, 0.3) is 0 Å². The topological polar surface area (TPSA) is 86.5 Å². The van der Waals surface area contributed by atoms with Crippen LogP contribution >= 0.6 is 27.5 Å². The zero-order valence-electron chi connectivity index (χ0n) is 15.7. The highest BCUT2D eigenvalue weighted by Crippen LogP contribution is 2.45. The molecule has 150 valence electrons. The van der Waals surface area contributed by atoms with Crippen molar-refractivity contribution in [3.05, 3.63) is 56.6 Å². The summed E-state index contributed by atoms with van der Waals surface area (Å²) in [5.41, 5.74) is 0.591. The molecule has 0 bridgehead atoms. The highest BCUT2D eigenvalue weighted by Gasteiger charge is 2.30. The molecule has 0 atom stereocenters. The molecule has 0 heterocycles. The van der Waals surface area contributed by atoms with Crippen LogP contribution in [0.2, 0.25) is 11.3 Å². The second kappa shape index (κ2) is 10.6. The lowest BCUT2D eigenvalue weighted by Gasteiger charge is -2.15. The number of Topliss-reactive ketones (excluding diaryl/α,β-unsaturated/α-hetero) is 2. The number of halogens is 2. The van der Waals surface area contributed by atoms with E-state index in [0.717, 1.165) is 6.42 Å². The van der Waals surface area contributed by atoms with E-state index in [2.05, 4.69) is 15.9 Å². The van der Waals surface area contributed by atoms with Gasteiger partial charge in [0.05, 0.1) is 40.9 Å². The van der Waals surface area contributed by atoms with Crippen LogP contribution in [-0.2, 0) is 0 Å². The molecule has 6 nitrogen and oxygen atoms in total. The Balaban J connectivity index is 2.71. The molecule has 0 saturated heterocycles. The molecule has 0 aliphatic heterocycles. The molecule has 2 aromatic carbocycles. The van der Waals surface area contributed by atoms with Crippen LogP contribution in [0.15, 0.2) is 30.3 Å². The number of alkyl halides is 1. The largest absolute Gasteiger partial charge is 0.486 e. The molecule has 0 fully saturated rings. The van der Waals surface area contributed by atoms with Gasteiger partial charge in [-0.1, -0.05) is 65.1 Å².